The van der Waals surface area contributed by atoms with Gasteiger partial charge >= 0.3 is 0 Å². The van der Waals surface area contributed by atoms with Crippen molar-refractivity contribution in [1.82, 2.24) is 15.0 Å². The number of carbonyl (C=O) groups excluding carboxylic acids is 1. The highest BCUT2D eigenvalue weighted by Gasteiger charge is 2.29. The van der Waals surface area contributed by atoms with Crippen LogP contribution in [0.1, 0.15) is 46.1 Å². The predicted molar refractivity (Wildman–Crippen MR) is 95.8 cm³/mol. The highest BCUT2D eigenvalue weighted by Crippen LogP contribution is 2.40. The van der Waals surface area contributed by atoms with Crippen molar-refractivity contribution in [2.75, 3.05) is 7.05 Å². The SMILES string of the molecule is Cc1noc2nc(C3CC3)cc(C(=O)N(C)Cc3cccc(Cl)c3)c12. The highest BCUT2D eigenvalue weighted by molar-refractivity contribution is 6.30. The van der Waals surface area contributed by atoms with Gasteiger partial charge in [-0.25, -0.2) is 4.98 Å². The molecule has 5 nitrogen and oxygen atoms in total. The lowest BCUT2D eigenvalue weighted by Crippen LogP contribution is -2.26. The standard InChI is InChI=1S/C19H18ClN3O2/c1-11-17-15(9-16(13-6-7-13)21-18(17)25-22-11)19(24)23(2)10-12-4-3-5-14(20)8-12/h3-5,8-9,13H,6-7,10H2,1-2H3. The van der Waals surface area contributed by atoms with E-state index in [-0.39, 0.29) is 5.91 Å². The molecule has 0 spiro atoms. The van der Waals surface area contributed by atoms with Crippen LogP contribution in [0, 0.1) is 6.92 Å². The van der Waals surface area contributed by atoms with Gasteiger partial charge in [0.15, 0.2) is 0 Å². The molecule has 4 rings (SSSR count). The van der Waals surface area contributed by atoms with Crippen molar-refractivity contribution in [3.8, 4) is 0 Å². The molecule has 0 unspecified atom stereocenters. The van der Waals surface area contributed by atoms with Gasteiger partial charge in [0.1, 0.15) is 0 Å². The van der Waals surface area contributed by atoms with Gasteiger partial charge < -0.3 is 9.42 Å². The quantitative estimate of drug-likeness (QED) is 0.698. The molecule has 2 heterocycles. The smallest absolute Gasteiger partial charge is 0.259 e. The third kappa shape index (κ3) is 3.12. The third-order valence-electron chi connectivity index (χ3n) is 4.52. The Morgan fingerprint density at radius 3 is 2.88 bits per heavy atom. The molecule has 0 atom stereocenters. The lowest BCUT2D eigenvalue weighted by molar-refractivity contribution is 0.0786. The average Bonchev–Trinajstić information content (AvgIpc) is 3.37. The maximum atomic E-state index is 13.1. The number of aromatic nitrogens is 2. The Hall–Kier alpha value is -2.40. The summed E-state index contributed by atoms with van der Waals surface area (Å²) in [6, 6.07) is 9.44. The molecule has 1 aromatic carbocycles. The average molecular weight is 356 g/mol. The normalized spacial score (nSPS) is 14.0. The largest absolute Gasteiger partial charge is 0.337 e. The maximum Gasteiger partial charge on any atom is 0.259 e. The Morgan fingerprint density at radius 2 is 2.16 bits per heavy atom. The van der Waals surface area contributed by atoms with Gasteiger partial charge in [0.2, 0.25) is 0 Å². The van der Waals surface area contributed by atoms with Gasteiger partial charge in [-0.15, -0.1) is 0 Å². The first-order chi connectivity index (χ1) is 12.0. The first-order valence-electron chi connectivity index (χ1n) is 8.30. The lowest BCUT2D eigenvalue weighted by Gasteiger charge is -2.18. The fourth-order valence-electron chi connectivity index (χ4n) is 3.06. The molecule has 0 radical (unpaired) electrons. The minimum absolute atomic E-state index is 0.0689. The number of carbonyl (C=O) groups is 1. The third-order valence-corrected chi connectivity index (χ3v) is 4.75. The Labute approximate surface area is 150 Å². The topological polar surface area (TPSA) is 59.2 Å². The molecule has 6 heteroatoms. The van der Waals surface area contributed by atoms with Crippen molar-refractivity contribution >= 4 is 28.6 Å². The van der Waals surface area contributed by atoms with Crippen LogP contribution in [0.2, 0.25) is 5.02 Å². The van der Waals surface area contributed by atoms with E-state index in [2.05, 4.69) is 10.1 Å². The van der Waals surface area contributed by atoms with E-state index in [1.165, 1.54) is 0 Å². The molecule has 25 heavy (non-hydrogen) atoms. The van der Waals surface area contributed by atoms with Crippen LogP contribution in [0.15, 0.2) is 34.9 Å². The minimum Gasteiger partial charge on any atom is -0.337 e. The number of benzene rings is 1. The molecule has 1 saturated carbocycles. The van der Waals surface area contributed by atoms with E-state index in [0.29, 0.717) is 39.8 Å². The summed E-state index contributed by atoms with van der Waals surface area (Å²) in [6.45, 7) is 2.31. The highest BCUT2D eigenvalue weighted by atomic mass is 35.5. The van der Waals surface area contributed by atoms with E-state index >= 15 is 0 Å². The van der Waals surface area contributed by atoms with E-state index in [1.54, 1.807) is 11.9 Å². The second-order valence-electron chi connectivity index (χ2n) is 6.61. The zero-order valence-corrected chi connectivity index (χ0v) is 14.9. The molecule has 1 aliphatic carbocycles. The second-order valence-corrected chi connectivity index (χ2v) is 7.04. The van der Waals surface area contributed by atoms with Crippen molar-refractivity contribution in [2.45, 2.75) is 32.2 Å². The fraction of sp³-hybridized carbons (Fsp3) is 0.316. The molecule has 0 saturated heterocycles. The van der Waals surface area contributed by atoms with E-state index in [0.717, 1.165) is 24.1 Å². The summed E-state index contributed by atoms with van der Waals surface area (Å²) in [4.78, 5) is 19.3. The number of nitrogens with zero attached hydrogens (tertiary/aromatic N) is 3. The van der Waals surface area contributed by atoms with Gasteiger partial charge in [-0.05, 0) is 43.5 Å². The molecule has 3 aromatic rings. The summed E-state index contributed by atoms with van der Waals surface area (Å²) in [6.07, 6.45) is 2.22. The fourth-order valence-corrected chi connectivity index (χ4v) is 3.27. The Bertz CT molecular complexity index is 962. The van der Waals surface area contributed by atoms with Crippen LogP contribution in [0.3, 0.4) is 0 Å². The zero-order chi connectivity index (χ0) is 17.6. The summed E-state index contributed by atoms with van der Waals surface area (Å²) in [5.74, 6) is 0.361. The van der Waals surface area contributed by atoms with Crippen molar-refractivity contribution in [2.24, 2.45) is 0 Å². The summed E-state index contributed by atoms with van der Waals surface area (Å²) >= 11 is 6.04. The van der Waals surface area contributed by atoms with Crippen LogP contribution >= 0.6 is 11.6 Å². The van der Waals surface area contributed by atoms with Gasteiger partial charge in [0.25, 0.3) is 11.6 Å². The molecule has 1 amide bonds. The number of fused-ring (bicyclic) bond motifs is 1. The molecule has 0 N–H and O–H groups in total. The lowest BCUT2D eigenvalue weighted by atomic mass is 10.1. The van der Waals surface area contributed by atoms with Crippen molar-refractivity contribution in [3.63, 3.8) is 0 Å². The molecular weight excluding hydrogens is 338 g/mol. The van der Waals surface area contributed by atoms with Gasteiger partial charge in [0, 0.05) is 30.2 Å². The molecule has 0 aliphatic heterocycles. The van der Waals surface area contributed by atoms with Gasteiger partial charge in [-0.2, -0.15) is 0 Å². The number of hydrogen-bond acceptors (Lipinski definition) is 4. The summed E-state index contributed by atoms with van der Waals surface area (Å²) in [5, 5.41) is 5.35. The first kappa shape index (κ1) is 16.1. The Balaban J connectivity index is 1.69. The summed E-state index contributed by atoms with van der Waals surface area (Å²) < 4.78 is 5.32. The molecule has 1 fully saturated rings. The number of pyridine rings is 1. The monoisotopic (exact) mass is 355 g/mol. The zero-order valence-electron chi connectivity index (χ0n) is 14.1. The molecule has 128 valence electrons. The van der Waals surface area contributed by atoms with Crippen LogP contribution in [0.25, 0.3) is 11.1 Å². The molecule has 0 bridgehead atoms. The van der Waals surface area contributed by atoms with Crippen LogP contribution in [0.4, 0.5) is 0 Å². The van der Waals surface area contributed by atoms with Crippen molar-refractivity contribution in [3.05, 3.63) is 57.9 Å². The van der Waals surface area contributed by atoms with Gasteiger partial charge in [0.05, 0.1) is 16.6 Å². The van der Waals surface area contributed by atoms with Gasteiger partial charge in [-0.3, -0.25) is 4.79 Å². The first-order valence-corrected chi connectivity index (χ1v) is 8.67. The van der Waals surface area contributed by atoms with Crippen LogP contribution < -0.4 is 0 Å². The second kappa shape index (κ2) is 6.15. The molecule has 1 aliphatic rings. The minimum atomic E-state index is -0.0689. The van der Waals surface area contributed by atoms with E-state index < -0.39 is 0 Å². The Morgan fingerprint density at radius 1 is 1.36 bits per heavy atom. The summed E-state index contributed by atoms with van der Waals surface area (Å²) in [7, 11) is 1.79. The van der Waals surface area contributed by atoms with Gasteiger partial charge in [-0.1, -0.05) is 28.9 Å². The van der Waals surface area contributed by atoms with E-state index in [1.807, 2.05) is 37.3 Å². The van der Waals surface area contributed by atoms with E-state index in [4.69, 9.17) is 16.1 Å². The Kier molecular flexibility index (Phi) is 3.96. The van der Waals surface area contributed by atoms with Crippen molar-refractivity contribution < 1.29 is 9.32 Å². The number of rotatable bonds is 4. The number of amides is 1. The maximum absolute atomic E-state index is 13.1. The summed E-state index contributed by atoms with van der Waals surface area (Å²) in [5.41, 5.74) is 3.64. The molecular formula is C19H18ClN3O2. The predicted octanol–water partition coefficient (Wildman–Crippen LogP) is 4.33. The van der Waals surface area contributed by atoms with Crippen LogP contribution in [-0.2, 0) is 6.54 Å². The van der Waals surface area contributed by atoms with Crippen molar-refractivity contribution in [1.29, 1.82) is 0 Å². The number of aryl methyl sites for hydroxylation is 1. The van der Waals surface area contributed by atoms with Crippen LogP contribution in [-0.4, -0.2) is 28.0 Å². The molecule has 2 aromatic heterocycles. The van der Waals surface area contributed by atoms with Crippen LogP contribution in [0.5, 0.6) is 0 Å². The number of halogens is 1. The number of hydrogen-bond donors (Lipinski definition) is 0. The van der Waals surface area contributed by atoms with E-state index in [9.17, 15) is 4.79 Å².